The van der Waals surface area contributed by atoms with Crippen LogP contribution in [0.2, 0.25) is 0 Å². The van der Waals surface area contributed by atoms with Crippen molar-refractivity contribution in [3.8, 4) is 17.2 Å². The number of nitrogens with one attached hydrogen (secondary N) is 1. The fourth-order valence-electron chi connectivity index (χ4n) is 6.33. The van der Waals surface area contributed by atoms with Crippen molar-refractivity contribution >= 4 is 33.3 Å². The summed E-state index contributed by atoms with van der Waals surface area (Å²) in [6.45, 7) is 6.15. The van der Waals surface area contributed by atoms with Crippen molar-refractivity contribution < 1.29 is 13.9 Å². The van der Waals surface area contributed by atoms with Gasteiger partial charge in [-0.05, 0) is 68.2 Å². The largest absolute Gasteiger partial charge is 0.451 e. The van der Waals surface area contributed by atoms with E-state index in [1.54, 1.807) is 6.20 Å². The van der Waals surface area contributed by atoms with Gasteiger partial charge in [-0.2, -0.15) is 0 Å². The van der Waals surface area contributed by atoms with Crippen molar-refractivity contribution in [2.24, 2.45) is 5.92 Å². The summed E-state index contributed by atoms with van der Waals surface area (Å²) in [5.41, 5.74) is 1.06. The van der Waals surface area contributed by atoms with Crippen LogP contribution in [-0.4, -0.2) is 55.1 Å². The zero-order chi connectivity index (χ0) is 28.8. The SMILES string of the molecule is CCC[C@@H](CCNC(=O)c1cn2c3c(c(N4CC[C@@H](C)C4)c(F)cc3c1=O)Oc1cc3ccccc3cc1-2)N(C)C. The molecule has 0 unspecified atom stereocenters. The minimum absolute atomic E-state index is 0.0108. The van der Waals surface area contributed by atoms with E-state index in [9.17, 15) is 9.59 Å². The van der Waals surface area contributed by atoms with Crippen molar-refractivity contribution in [3.05, 3.63) is 70.3 Å². The van der Waals surface area contributed by atoms with E-state index in [2.05, 4.69) is 24.1 Å². The molecule has 3 aromatic carbocycles. The molecule has 2 aliphatic rings. The van der Waals surface area contributed by atoms with Crippen LogP contribution in [0.3, 0.4) is 0 Å². The number of carbonyl (C=O) groups is 1. The summed E-state index contributed by atoms with van der Waals surface area (Å²) in [4.78, 5) is 31.4. The summed E-state index contributed by atoms with van der Waals surface area (Å²) >= 11 is 0. The maximum absolute atomic E-state index is 15.9. The number of halogens is 1. The zero-order valence-corrected chi connectivity index (χ0v) is 24.2. The highest BCUT2D eigenvalue weighted by Gasteiger charge is 2.32. The van der Waals surface area contributed by atoms with E-state index >= 15 is 4.39 Å². The molecule has 41 heavy (non-hydrogen) atoms. The van der Waals surface area contributed by atoms with Crippen molar-refractivity contribution in [1.82, 2.24) is 14.8 Å². The minimum Gasteiger partial charge on any atom is -0.451 e. The number of pyridine rings is 1. The van der Waals surface area contributed by atoms with E-state index in [-0.39, 0.29) is 10.9 Å². The van der Waals surface area contributed by atoms with Crippen molar-refractivity contribution in [1.29, 1.82) is 0 Å². The average molecular weight is 557 g/mol. The van der Waals surface area contributed by atoms with Gasteiger partial charge < -0.3 is 24.4 Å². The third-order valence-electron chi connectivity index (χ3n) is 8.57. The lowest BCUT2D eigenvalue weighted by atomic mass is 10.0. The van der Waals surface area contributed by atoms with E-state index in [1.807, 2.05) is 60.0 Å². The highest BCUT2D eigenvalue weighted by molar-refractivity contribution is 6.02. The number of hydrogen-bond donors (Lipinski definition) is 1. The number of hydrogen-bond acceptors (Lipinski definition) is 5. The first-order valence-electron chi connectivity index (χ1n) is 14.6. The van der Waals surface area contributed by atoms with Crippen LogP contribution in [0.1, 0.15) is 49.9 Å². The number of aromatic nitrogens is 1. The standard InChI is InChI=1S/C33H37FN4O3/c1-5-8-23(36(3)4)11-13-35-33(40)25-19-38-27-15-21-9-6-7-10-22(21)16-28(27)41-32-29(38)24(31(25)39)17-26(34)30(32)37-14-12-20(2)18-37/h6-7,9-10,15-17,19-20,23H,5,8,11-14,18H2,1-4H3,(H,35,40)/t20-,23+/m1/s1. The van der Waals surface area contributed by atoms with Crippen LogP contribution >= 0.6 is 0 Å². The molecule has 3 heterocycles. The highest BCUT2D eigenvalue weighted by atomic mass is 19.1. The maximum atomic E-state index is 15.9. The normalized spacial score (nSPS) is 16.7. The van der Waals surface area contributed by atoms with Gasteiger partial charge in [0.2, 0.25) is 5.43 Å². The number of fused-ring (bicyclic) bond motifs is 3. The van der Waals surface area contributed by atoms with Crippen LogP contribution in [0.25, 0.3) is 27.4 Å². The number of nitrogens with zero attached hydrogens (tertiary/aromatic N) is 3. The molecule has 0 bridgehead atoms. The molecule has 6 rings (SSSR count). The minimum atomic E-state index is -0.513. The van der Waals surface area contributed by atoms with Gasteiger partial charge in [0.15, 0.2) is 17.3 Å². The van der Waals surface area contributed by atoms with Crippen LogP contribution in [-0.2, 0) is 0 Å². The summed E-state index contributed by atoms with van der Waals surface area (Å²) in [5.74, 6) is 0.340. The van der Waals surface area contributed by atoms with E-state index in [1.165, 1.54) is 6.07 Å². The lowest BCUT2D eigenvalue weighted by Crippen LogP contribution is -2.35. The molecule has 1 amide bonds. The van der Waals surface area contributed by atoms with Gasteiger partial charge in [0.1, 0.15) is 16.8 Å². The first kappa shape index (κ1) is 27.3. The van der Waals surface area contributed by atoms with Crippen LogP contribution < -0.4 is 20.4 Å². The second-order valence-electron chi connectivity index (χ2n) is 11.7. The Morgan fingerprint density at radius 2 is 1.93 bits per heavy atom. The van der Waals surface area contributed by atoms with Gasteiger partial charge in [-0.15, -0.1) is 0 Å². The predicted octanol–water partition coefficient (Wildman–Crippen LogP) is 6.09. The molecule has 4 aromatic rings. The maximum Gasteiger partial charge on any atom is 0.256 e. The molecule has 1 fully saturated rings. The smallest absolute Gasteiger partial charge is 0.256 e. The molecule has 2 atom stereocenters. The molecular formula is C33H37FN4O3. The third kappa shape index (κ3) is 4.84. The number of rotatable bonds is 8. The molecule has 1 aromatic heterocycles. The Labute approximate surface area is 239 Å². The van der Waals surface area contributed by atoms with E-state index in [4.69, 9.17) is 4.74 Å². The quantitative estimate of drug-likeness (QED) is 0.251. The molecular weight excluding hydrogens is 519 g/mol. The van der Waals surface area contributed by atoms with Crippen LogP contribution in [0.4, 0.5) is 10.1 Å². The lowest BCUT2D eigenvalue weighted by Gasteiger charge is -2.29. The summed E-state index contributed by atoms with van der Waals surface area (Å²) in [6.07, 6.45) is 5.40. The highest BCUT2D eigenvalue weighted by Crippen LogP contribution is 2.48. The molecule has 8 heteroatoms. The monoisotopic (exact) mass is 556 g/mol. The number of carbonyl (C=O) groups excluding carboxylic acids is 1. The number of amides is 1. The Hall–Kier alpha value is -3.91. The first-order valence-corrected chi connectivity index (χ1v) is 14.6. The molecule has 1 N–H and O–H groups in total. The van der Waals surface area contributed by atoms with Crippen LogP contribution in [0.5, 0.6) is 11.5 Å². The Morgan fingerprint density at radius 3 is 2.61 bits per heavy atom. The lowest BCUT2D eigenvalue weighted by molar-refractivity contribution is 0.0948. The number of ether oxygens (including phenoxy) is 1. The van der Waals surface area contributed by atoms with Gasteiger partial charge in [-0.1, -0.05) is 44.5 Å². The Morgan fingerprint density at radius 1 is 1.17 bits per heavy atom. The number of benzene rings is 3. The summed E-state index contributed by atoms with van der Waals surface area (Å²) in [6, 6.07) is 13.5. The van der Waals surface area contributed by atoms with Gasteiger partial charge in [0, 0.05) is 31.9 Å². The van der Waals surface area contributed by atoms with E-state index < -0.39 is 17.2 Å². The van der Waals surface area contributed by atoms with E-state index in [0.717, 1.165) is 36.5 Å². The van der Waals surface area contributed by atoms with Gasteiger partial charge in [-0.25, -0.2) is 4.39 Å². The van der Waals surface area contributed by atoms with Gasteiger partial charge in [-0.3, -0.25) is 9.59 Å². The average Bonchev–Trinajstić information content (AvgIpc) is 3.38. The molecule has 0 radical (unpaired) electrons. The second-order valence-corrected chi connectivity index (χ2v) is 11.7. The fraction of sp³-hybridized carbons (Fsp3) is 0.394. The third-order valence-corrected chi connectivity index (χ3v) is 8.57. The van der Waals surface area contributed by atoms with Crippen molar-refractivity contribution in [2.45, 2.75) is 45.6 Å². The zero-order valence-electron chi connectivity index (χ0n) is 24.2. The van der Waals surface area contributed by atoms with Gasteiger partial charge >= 0.3 is 0 Å². The molecule has 214 valence electrons. The molecule has 7 nitrogen and oxygen atoms in total. The van der Waals surface area contributed by atoms with Crippen LogP contribution in [0, 0.1) is 11.7 Å². The molecule has 1 saturated heterocycles. The molecule has 0 aliphatic carbocycles. The van der Waals surface area contributed by atoms with Crippen molar-refractivity contribution in [3.63, 3.8) is 0 Å². The van der Waals surface area contributed by atoms with Crippen molar-refractivity contribution in [2.75, 3.05) is 38.6 Å². The number of anilines is 1. The molecule has 0 spiro atoms. The summed E-state index contributed by atoms with van der Waals surface area (Å²) in [7, 11) is 4.07. The Kier molecular flexibility index (Phi) is 7.20. The second kappa shape index (κ2) is 10.8. The van der Waals surface area contributed by atoms with Gasteiger partial charge in [0.25, 0.3) is 5.91 Å². The molecule has 0 saturated carbocycles. The topological polar surface area (TPSA) is 66.8 Å². The summed E-state index contributed by atoms with van der Waals surface area (Å²) < 4.78 is 24.2. The van der Waals surface area contributed by atoms with Gasteiger partial charge in [0.05, 0.1) is 11.1 Å². The first-order chi connectivity index (χ1) is 19.8. The Bertz CT molecular complexity index is 1710. The molecule has 2 aliphatic heterocycles. The Balaban J connectivity index is 1.49. The van der Waals surface area contributed by atoms with E-state index in [0.29, 0.717) is 60.0 Å². The van der Waals surface area contributed by atoms with Crippen LogP contribution in [0.15, 0.2) is 53.5 Å². The summed E-state index contributed by atoms with van der Waals surface area (Å²) in [5, 5.41) is 5.07. The predicted molar refractivity (Wildman–Crippen MR) is 162 cm³/mol. The fourth-order valence-corrected chi connectivity index (χ4v) is 6.33.